The molecule has 0 aliphatic heterocycles. The predicted molar refractivity (Wildman–Crippen MR) is 133 cm³/mol. The summed E-state index contributed by atoms with van der Waals surface area (Å²) in [5, 5.41) is 24.8. The molecule has 0 spiro atoms. The number of rotatable bonds is 7. The fourth-order valence-corrected chi connectivity index (χ4v) is 9.50. The molecule has 4 aliphatic carbocycles. The van der Waals surface area contributed by atoms with E-state index in [1.807, 2.05) is 23.9 Å². The van der Waals surface area contributed by atoms with Crippen molar-refractivity contribution in [3.05, 3.63) is 18.0 Å². The quantitative estimate of drug-likeness (QED) is 0.549. The lowest BCUT2D eigenvalue weighted by molar-refractivity contribution is -0.130. The Morgan fingerprint density at radius 2 is 1.97 bits per heavy atom. The van der Waals surface area contributed by atoms with Gasteiger partial charge in [-0.25, -0.2) is 0 Å². The van der Waals surface area contributed by atoms with E-state index in [0.29, 0.717) is 36.2 Å². The van der Waals surface area contributed by atoms with Gasteiger partial charge in [0.25, 0.3) is 0 Å². The normalized spacial score (nSPS) is 42.3. The summed E-state index contributed by atoms with van der Waals surface area (Å²) in [6.45, 7) is 9.16. The van der Waals surface area contributed by atoms with Crippen molar-refractivity contribution in [1.82, 2.24) is 9.78 Å². The average Bonchev–Trinajstić information content (AvgIpc) is 3.44. The van der Waals surface area contributed by atoms with Crippen LogP contribution in [0.3, 0.4) is 0 Å². The molecule has 5 rings (SSSR count). The Kier molecular flexibility index (Phi) is 6.85. The summed E-state index contributed by atoms with van der Waals surface area (Å²) in [6.07, 6.45) is 14.4. The van der Waals surface area contributed by atoms with Crippen LogP contribution in [0.1, 0.15) is 90.7 Å². The molecule has 1 heterocycles. The molecule has 4 fully saturated rings. The van der Waals surface area contributed by atoms with Crippen LogP contribution in [0.2, 0.25) is 0 Å². The minimum absolute atomic E-state index is 0.449. The zero-order valence-electron chi connectivity index (χ0n) is 21.6. The fourth-order valence-electron chi connectivity index (χ4n) is 9.50. The second-order valence-corrected chi connectivity index (χ2v) is 12.5. The maximum atomic E-state index is 11.1. The third kappa shape index (κ3) is 4.24. The highest BCUT2D eigenvalue weighted by Gasteiger charge is 2.58. The molecular weight excluding hydrogens is 422 g/mol. The number of fused-ring (bicyclic) bond motifs is 5. The Labute approximate surface area is 206 Å². The molecule has 1 aromatic heterocycles. The van der Waals surface area contributed by atoms with E-state index in [9.17, 15) is 5.11 Å². The number of hydrogen-bond donors (Lipinski definition) is 1. The van der Waals surface area contributed by atoms with Crippen molar-refractivity contribution in [2.45, 2.75) is 97.1 Å². The Morgan fingerprint density at radius 1 is 1.15 bits per heavy atom. The summed E-state index contributed by atoms with van der Waals surface area (Å²) >= 11 is 0. The maximum absolute atomic E-state index is 11.1. The number of aromatic nitrogens is 2. The van der Waals surface area contributed by atoms with Crippen molar-refractivity contribution in [2.24, 2.45) is 46.8 Å². The topological polar surface area (TPSA) is 71.1 Å². The standard InChI is InChI=1S/C29H45N3O2/c1-4-20(18-32-15-12-22(17-30)31-32)26-8-9-27-25-7-6-21-16-29(33,19-34-5-2)14-11-23(21)24(25)10-13-28(26,27)3/h12,15,20-21,23-27,33H,4-11,13-14,16,18-19H2,1-3H3/t20-,21+,23-,24+,25+,26?,27-,28+,29+/m0/s1. The number of ether oxygens (including phenoxy) is 1. The molecule has 4 saturated carbocycles. The molecule has 0 amide bonds. The number of nitrogens with zero attached hydrogens (tertiary/aromatic N) is 3. The third-order valence-corrected chi connectivity index (χ3v) is 11.0. The van der Waals surface area contributed by atoms with Crippen molar-refractivity contribution in [1.29, 1.82) is 5.26 Å². The Balaban J connectivity index is 1.27. The van der Waals surface area contributed by atoms with Gasteiger partial charge in [0, 0.05) is 19.3 Å². The van der Waals surface area contributed by atoms with Crippen LogP contribution in [0.15, 0.2) is 12.3 Å². The second-order valence-electron chi connectivity index (χ2n) is 12.5. The van der Waals surface area contributed by atoms with Gasteiger partial charge in [-0.05, 0) is 118 Å². The van der Waals surface area contributed by atoms with Gasteiger partial charge in [0.15, 0.2) is 5.69 Å². The first-order valence-corrected chi connectivity index (χ1v) is 14.1. The molecule has 34 heavy (non-hydrogen) atoms. The van der Waals surface area contributed by atoms with Crippen molar-refractivity contribution < 1.29 is 9.84 Å². The van der Waals surface area contributed by atoms with Crippen LogP contribution in [-0.4, -0.2) is 33.7 Å². The smallest absolute Gasteiger partial charge is 0.162 e. The SMILES string of the molecule is CCOC[C@@]1(O)CC[C@H]2[C@H](CC[C@@H]3[C@@H]2CC[C@]2(C)C([C@@H](CC)Cn4ccc(C#N)n4)CC[C@@H]32)C1. The summed E-state index contributed by atoms with van der Waals surface area (Å²) in [7, 11) is 0. The largest absolute Gasteiger partial charge is 0.387 e. The highest BCUT2D eigenvalue weighted by molar-refractivity contribution is 5.16. The molecule has 0 bridgehead atoms. The zero-order valence-corrected chi connectivity index (χ0v) is 21.6. The molecule has 5 nitrogen and oxygen atoms in total. The van der Waals surface area contributed by atoms with E-state index in [1.165, 1.54) is 51.4 Å². The number of hydrogen-bond acceptors (Lipinski definition) is 4. The van der Waals surface area contributed by atoms with Gasteiger partial charge in [-0.3, -0.25) is 4.68 Å². The van der Waals surface area contributed by atoms with E-state index in [1.54, 1.807) is 0 Å². The first kappa shape index (κ1) is 24.3. The van der Waals surface area contributed by atoms with Crippen molar-refractivity contribution in [3.63, 3.8) is 0 Å². The molecular formula is C29H45N3O2. The van der Waals surface area contributed by atoms with Crippen molar-refractivity contribution in [2.75, 3.05) is 13.2 Å². The maximum Gasteiger partial charge on any atom is 0.162 e. The molecule has 4 aliphatic rings. The van der Waals surface area contributed by atoms with Gasteiger partial charge in [0.1, 0.15) is 6.07 Å². The molecule has 1 aromatic rings. The van der Waals surface area contributed by atoms with E-state index < -0.39 is 5.60 Å². The van der Waals surface area contributed by atoms with Crippen LogP contribution in [0, 0.1) is 58.2 Å². The first-order chi connectivity index (χ1) is 16.4. The number of aliphatic hydroxyl groups is 1. The van der Waals surface area contributed by atoms with Crippen LogP contribution in [-0.2, 0) is 11.3 Å². The van der Waals surface area contributed by atoms with Gasteiger partial charge < -0.3 is 9.84 Å². The summed E-state index contributed by atoms with van der Waals surface area (Å²) in [5.41, 5.74) is 0.394. The highest BCUT2D eigenvalue weighted by atomic mass is 16.5. The molecule has 0 saturated heterocycles. The van der Waals surface area contributed by atoms with E-state index in [0.717, 1.165) is 49.0 Å². The van der Waals surface area contributed by atoms with Crippen LogP contribution in [0.4, 0.5) is 0 Å². The number of nitriles is 1. The highest BCUT2D eigenvalue weighted by Crippen LogP contribution is 2.66. The molecule has 9 atom stereocenters. The lowest BCUT2D eigenvalue weighted by Crippen LogP contribution is -2.52. The van der Waals surface area contributed by atoms with E-state index in [2.05, 4.69) is 25.0 Å². The zero-order chi connectivity index (χ0) is 23.9. The summed E-state index contributed by atoms with van der Waals surface area (Å²) < 4.78 is 7.67. The Bertz CT molecular complexity index is 892. The van der Waals surface area contributed by atoms with E-state index in [-0.39, 0.29) is 0 Å². The predicted octanol–water partition coefficient (Wildman–Crippen LogP) is 5.82. The molecule has 0 aromatic carbocycles. The summed E-state index contributed by atoms with van der Waals surface area (Å²) in [5.74, 6) is 5.53. The first-order valence-electron chi connectivity index (χ1n) is 14.1. The average molecular weight is 468 g/mol. The third-order valence-electron chi connectivity index (χ3n) is 11.0. The lowest BCUT2D eigenvalue weighted by atomic mass is 9.48. The molecule has 1 N–H and O–H groups in total. The van der Waals surface area contributed by atoms with Crippen LogP contribution in [0.5, 0.6) is 0 Å². The lowest BCUT2D eigenvalue weighted by Gasteiger charge is -2.57. The van der Waals surface area contributed by atoms with Crippen LogP contribution in [0.25, 0.3) is 0 Å². The van der Waals surface area contributed by atoms with Gasteiger partial charge in [0.05, 0.1) is 12.2 Å². The second kappa shape index (κ2) is 9.58. The van der Waals surface area contributed by atoms with Gasteiger partial charge in [-0.15, -0.1) is 0 Å². The molecule has 1 unspecified atom stereocenters. The fraction of sp³-hybridized carbons (Fsp3) is 0.862. The molecule has 188 valence electrons. The molecule has 0 radical (unpaired) electrons. The van der Waals surface area contributed by atoms with Crippen molar-refractivity contribution in [3.8, 4) is 6.07 Å². The van der Waals surface area contributed by atoms with Gasteiger partial charge in [0.2, 0.25) is 0 Å². The van der Waals surface area contributed by atoms with Crippen LogP contribution >= 0.6 is 0 Å². The van der Waals surface area contributed by atoms with E-state index >= 15 is 0 Å². The van der Waals surface area contributed by atoms with Crippen LogP contribution < -0.4 is 0 Å². The molecule has 5 heteroatoms. The minimum Gasteiger partial charge on any atom is -0.387 e. The van der Waals surface area contributed by atoms with Gasteiger partial charge in [-0.2, -0.15) is 10.4 Å². The van der Waals surface area contributed by atoms with Crippen molar-refractivity contribution >= 4 is 0 Å². The van der Waals surface area contributed by atoms with Gasteiger partial charge >= 0.3 is 0 Å². The Morgan fingerprint density at radius 3 is 2.71 bits per heavy atom. The van der Waals surface area contributed by atoms with E-state index in [4.69, 9.17) is 10.00 Å². The van der Waals surface area contributed by atoms with Gasteiger partial charge in [-0.1, -0.05) is 20.3 Å². The monoisotopic (exact) mass is 467 g/mol. The summed E-state index contributed by atoms with van der Waals surface area (Å²) in [6, 6.07) is 4.02. The Hall–Kier alpha value is -1.38. The summed E-state index contributed by atoms with van der Waals surface area (Å²) in [4.78, 5) is 0. The minimum atomic E-state index is -0.585.